The van der Waals surface area contributed by atoms with E-state index in [9.17, 15) is 27.5 Å². The van der Waals surface area contributed by atoms with Crippen molar-refractivity contribution in [2.75, 3.05) is 5.32 Å². The van der Waals surface area contributed by atoms with Crippen molar-refractivity contribution in [3.63, 3.8) is 0 Å². The Morgan fingerprint density at radius 2 is 1.69 bits per heavy atom. The van der Waals surface area contributed by atoms with E-state index in [1.807, 2.05) is 0 Å². The Kier molecular flexibility index (Phi) is 6.95. The number of aliphatic carboxylic acids is 1. The van der Waals surface area contributed by atoms with Crippen LogP contribution < -0.4 is 15.4 Å². The zero-order valence-electron chi connectivity index (χ0n) is 19.4. The molecule has 0 aliphatic heterocycles. The zero-order chi connectivity index (χ0) is 26.0. The number of halogens is 1. The van der Waals surface area contributed by atoms with Gasteiger partial charge in [-0.3, -0.25) is 4.79 Å². The van der Waals surface area contributed by atoms with Crippen LogP contribution in [0.4, 0.5) is 14.9 Å². The van der Waals surface area contributed by atoms with Crippen LogP contribution in [-0.2, 0) is 21.4 Å². The fourth-order valence-corrected chi connectivity index (χ4v) is 5.03. The second-order valence-corrected chi connectivity index (χ2v) is 10.3. The highest BCUT2D eigenvalue weighted by Crippen LogP contribution is 2.32. The summed E-state index contributed by atoms with van der Waals surface area (Å²) in [6, 6.07) is 13.2. The highest BCUT2D eigenvalue weighted by molar-refractivity contribution is 7.89. The van der Waals surface area contributed by atoms with Gasteiger partial charge in [0.25, 0.3) is 0 Å². The van der Waals surface area contributed by atoms with Crippen molar-refractivity contribution in [3.8, 4) is 0 Å². The van der Waals surface area contributed by atoms with Crippen LogP contribution in [0.25, 0.3) is 21.9 Å². The van der Waals surface area contributed by atoms with E-state index < -0.39 is 34.0 Å². The standard InChI is InChI=1S/C25H24FN3O6S/c1-14(2)23(24(30)31)29-36(33,34)18-8-10-21-20(12-18)19-9-7-17(11-22(19)35-21)28-25(32)27-13-15-3-5-16(26)6-4-15/h3-12,14,23,29H,13H2,1-2H3,(H,30,31)(H2,27,28,32)/t23-/m1/s1. The van der Waals surface area contributed by atoms with E-state index in [0.29, 0.717) is 27.6 Å². The van der Waals surface area contributed by atoms with Crippen molar-refractivity contribution >= 4 is 49.6 Å². The number of hydrogen-bond acceptors (Lipinski definition) is 5. The molecule has 0 unspecified atom stereocenters. The Morgan fingerprint density at radius 1 is 0.972 bits per heavy atom. The lowest BCUT2D eigenvalue weighted by molar-refractivity contribution is -0.140. The van der Waals surface area contributed by atoms with Crippen LogP contribution in [0, 0.1) is 11.7 Å². The number of amides is 2. The molecule has 0 bridgehead atoms. The predicted octanol–water partition coefficient (Wildman–Crippen LogP) is 4.43. The van der Waals surface area contributed by atoms with Crippen molar-refractivity contribution < 1.29 is 31.9 Å². The average molecular weight is 514 g/mol. The number of rotatable bonds is 8. The molecule has 1 heterocycles. The van der Waals surface area contributed by atoms with Crippen LogP contribution in [0.15, 0.2) is 70.0 Å². The number of anilines is 1. The van der Waals surface area contributed by atoms with E-state index in [0.717, 1.165) is 5.56 Å². The van der Waals surface area contributed by atoms with Gasteiger partial charge in [-0.1, -0.05) is 26.0 Å². The number of carbonyl (C=O) groups excluding carboxylic acids is 1. The minimum Gasteiger partial charge on any atom is -0.480 e. The van der Waals surface area contributed by atoms with E-state index in [4.69, 9.17) is 4.42 Å². The van der Waals surface area contributed by atoms with Crippen LogP contribution in [0.1, 0.15) is 19.4 Å². The fraction of sp³-hybridized carbons (Fsp3) is 0.200. The van der Waals surface area contributed by atoms with Gasteiger partial charge in [-0.2, -0.15) is 4.72 Å². The molecule has 4 N–H and O–H groups in total. The second kappa shape index (κ2) is 9.96. The molecule has 11 heteroatoms. The first kappa shape index (κ1) is 25.1. The SMILES string of the molecule is CC(C)[C@@H](NS(=O)(=O)c1ccc2oc3cc(NC(=O)NCc4ccc(F)cc4)ccc3c2c1)C(=O)O. The monoisotopic (exact) mass is 513 g/mol. The zero-order valence-corrected chi connectivity index (χ0v) is 20.2. The molecule has 0 aliphatic rings. The van der Waals surface area contributed by atoms with Gasteiger partial charge in [0, 0.05) is 29.1 Å². The summed E-state index contributed by atoms with van der Waals surface area (Å²) in [5.74, 6) is -2.07. The second-order valence-electron chi connectivity index (χ2n) is 8.59. The molecule has 0 saturated carbocycles. The van der Waals surface area contributed by atoms with Gasteiger partial charge in [-0.25, -0.2) is 17.6 Å². The van der Waals surface area contributed by atoms with Crippen molar-refractivity contribution in [3.05, 3.63) is 72.0 Å². The summed E-state index contributed by atoms with van der Waals surface area (Å²) >= 11 is 0. The summed E-state index contributed by atoms with van der Waals surface area (Å²) in [5, 5.41) is 15.9. The van der Waals surface area contributed by atoms with Gasteiger partial charge in [0.2, 0.25) is 10.0 Å². The predicted molar refractivity (Wildman–Crippen MR) is 133 cm³/mol. The number of furan rings is 1. The number of carbonyl (C=O) groups is 2. The van der Waals surface area contributed by atoms with Crippen LogP contribution in [0.3, 0.4) is 0 Å². The molecular weight excluding hydrogens is 489 g/mol. The summed E-state index contributed by atoms with van der Waals surface area (Å²) < 4.78 is 46.7. The van der Waals surface area contributed by atoms with Crippen LogP contribution >= 0.6 is 0 Å². The number of fused-ring (bicyclic) bond motifs is 3. The molecule has 36 heavy (non-hydrogen) atoms. The Bertz CT molecular complexity index is 1550. The first-order valence-corrected chi connectivity index (χ1v) is 12.5. The molecule has 4 rings (SSSR count). The maximum Gasteiger partial charge on any atom is 0.322 e. The van der Waals surface area contributed by atoms with E-state index in [2.05, 4.69) is 15.4 Å². The molecule has 0 aliphatic carbocycles. The van der Waals surface area contributed by atoms with E-state index >= 15 is 0 Å². The molecule has 4 aromatic rings. The van der Waals surface area contributed by atoms with E-state index in [1.54, 1.807) is 44.2 Å². The highest BCUT2D eigenvalue weighted by Gasteiger charge is 2.28. The van der Waals surface area contributed by atoms with Gasteiger partial charge in [0.15, 0.2) is 0 Å². The van der Waals surface area contributed by atoms with E-state index in [1.165, 1.54) is 30.3 Å². The minimum atomic E-state index is -4.10. The Balaban J connectivity index is 1.53. The summed E-state index contributed by atoms with van der Waals surface area (Å²) in [6.45, 7) is 3.44. The number of carboxylic acids is 1. The molecule has 9 nitrogen and oxygen atoms in total. The van der Waals surface area contributed by atoms with Crippen LogP contribution in [-0.4, -0.2) is 31.6 Å². The van der Waals surface area contributed by atoms with Gasteiger partial charge in [-0.15, -0.1) is 0 Å². The van der Waals surface area contributed by atoms with Gasteiger partial charge >= 0.3 is 12.0 Å². The summed E-state index contributed by atoms with van der Waals surface area (Å²) in [7, 11) is -4.10. The number of carboxylic acid groups (broad SMARTS) is 1. The molecule has 0 radical (unpaired) electrons. The molecule has 1 aromatic heterocycles. The van der Waals surface area contributed by atoms with Crippen LogP contribution in [0.5, 0.6) is 0 Å². The molecule has 0 saturated heterocycles. The fourth-order valence-electron chi connectivity index (χ4n) is 3.67. The molecular formula is C25H24FN3O6S. The Morgan fingerprint density at radius 3 is 2.36 bits per heavy atom. The Hall–Kier alpha value is -3.96. The lowest BCUT2D eigenvalue weighted by atomic mass is 10.1. The molecule has 188 valence electrons. The lowest BCUT2D eigenvalue weighted by Crippen LogP contribution is -2.44. The summed E-state index contributed by atoms with van der Waals surface area (Å²) in [6.07, 6.45) is 0. The first-order chi connectivity index (χ1) is 17.0. The van der Waals surface area contributed by atoms with Crippen LogP contribution in [0.2, 0.25) is 0 Å². The highest BCUT2D eigenvalue weighted by atomic mass is 32.2. The number of sulfonamides is 1. The third-order valence-corrected chi connectivity index (χ3v) is 7.03. The maximum atomic E-state index is 13.0. The number of hydrogen-bond donors (Lipinski definition) is 4. The number of urea groups is 1. The van der Waals surface area contributed by atoms with Gasteiger partial charge in [0.05, 0.1) is 4.90 Å². The van der Waals surface area contributed by atoms with Gasteiger partial charge in [-0.05, 0) is 53.9 Å². The van der Waals surface area contributed by atoms with Crippen molar-refractivity contribution in [2.24, 2.45) is 5.92 Å². The summed E-state index contributed by atoms with van der Waals surface area (Å²) in [4.78, 5) is 23.6. The third-order valence-electron chi connectivity index (χ3n) is 5.59. The lowest BCUT2D eigenvalue weighted by Gasteiger charge is -2.17. The molecule has 2 amide bonds. The van der Waals surface area contributed by atoms with Gasteiger partial charge < -0.3 is 20.2 Å². The maximum absolute atomic E-state index is 13.0. The van der Waals surface area contributed by atoms with Crippen molar-refractivity contribution in [1.29, 1.82) is 0 Å². The Labute approximate surface area is 206 Å². The minimum absolute atomic E-state index is 0.0908. The van der Waals surface area contributed by atoms with E-state index in [-0.39, 0.29) is 17.3 Å². The smallest absolute Gasteiger partial charge is 0.322 e. The number of nitrogens with one attached hydrogen (secondary N) is 3. The number of benzene rings is 3. The quantitative estimate of drug-likeness (QED) is 0.275. The normalized spacial score (nSPS) is 12.7. The average Bonchev–Trinajstić information content (AvgIpc) is 3.19. The van der Waals surface area contributed by atoms with Crippen molar-refractivity contribution in [1.82, 2.24) is 10.0 Å². The molecule has 0 fully saturated rings. The topological polar surface area (TPSA) is 138 Å². The molecule has 0 spiro atoms. The van der Waals surface area contributed by atoms with Crippen molar-refractivity contribution in [2.45, 2.75) is 31.3 Å². The van der Waals surface area contributed by atoms with Gasteiger partial charge in [0.1, 0.15) is 23.0 Å². The summed E-state index contributed by atoms with van der Waals surface area (Å²) in [5.41, 5.74) is 2.05. The molecule has 3 aromatic carbocycles. The first-order valence-electron chi connectivity index (χ1n) is 11.0. The molecule has 1 atom stereocenters. The largest absolute Gasteiger partial charge is 0.480 e. The third kappa shape index (κ3) is 5.47.